The van der Waals surface area contributed by atoms with E-state index in [1.165, 1.54) is 0 Å². The highest BCUT2D eigenvalue weighted by Gasteiger charge is 2.41. The van der Waals surface area contributed by atoms with Gasteiger partial charge >= 0.3 is 6.09 Å². The van der Waals surface area contributed by atoms with Crippen LogP contribution in [0.3, 0.4) is 0 Å². The fourth-order valence-electron chi connectivity index (χ4n) is 3.44. The monoisotopic (exact) mass is 395 g/mol. The summed E-state index contributed by atoms with van der Waals surface area (Å²) in [4.78, 5) is 32.4. The topological polar surface area (TPSA) is 62.7 Å². The molecule has 2 aliphatic rings. The van der Waals surface area contributed by atoms with Gasteiger partial charge < -0.3 is 9.64 Å². The standard InChI is InChI=1S/C17H22BrN3O3/c1-11(2)15-10-24-17(23)21(15)14-3-5-20(6-4-14)16(22)12-7-13(18)9-19-8-12/h7-9,11,14-15H,3-6,10H2,1-2H3. The van der Waals surface area contributed by atoms with Crippen molar-refractivity contribution in [2.75, 3.05) is 19.7 Å². The number of halogens is 1. The van der Waals surface area contributed by atoms with Crippen molar-refractivity contribution in [3.8, 4) is 0 Å². The predicted octanol–water partition coefficient (Wildman–Crippen LogP) is 2.93. The van der Waals surface area contributed by atoms with Crippen molar-refractivity contribution in [2.24, 2.45) is 5.92 Å². The van der Waals surface area contributed by atoms with Crippen LogP contribution in [-0.4, -0.2) is 58.6 Å². The lowest BCUT2D eigenvalue weighted by Crippen LogP contribution is -2.50. The van der Waals surface area contributed by atoms with Crippen LogP contribution in [0.4, 0.5) is 4.79 Å². The van der Waals surface area contributed by atoms with Gasteiger partial charge in [-0.1, -0.05) is 13.8 Å². The summed E-state index contributed by atoms with van der Waals surface area (Å²) in [6.07, 6.45) is 4.60. The number of nitrogens with zero attached hydrogens (tertiary/aromatic N) is 3. The van der Waals surface area contributed by atoms with E-state index in [0.29, 0.717) is 31.2 Å². The SMILES string of the molecule is CC(C)C1COC(=O)N1C1CCN(C(=O)c2cncc(Br)c2)CC1. The van der Waals surface area contributed by atoms with Gasteiger partial charge in [-0.05, 0) is 40.8 Å². The van der Waals surface area contributed by atoms with Crippen LogP contribution in [0.15, 0.2) is 22.9 Å². The normalized spacial score (nSPS) is 22.2. The maximum atomic E-state index is 12.6. The average molecular weight is 396 g/mol. The summed E-state index contributed by atoms with van der Waals surface area (Å²) in [6.45, 7) is 5.98. The molecule has 7 heteroatoms. The summed E-state index contributed by atoms with van der Waals surface area (Å²) in [7, 11) is 0. The lowest BCUT2D eigenvalue weighted by molar-refractivity contribution is 0.0619. The third-order valence-electron chi connectivity index (χ3n) is 4.81. The Balaban J connectivity index is 1.63. The van der Waals surface area contributed by atoms with Crippen LogP contribution in [0.1, 0.15) is 37.0 Å². The first-order valence-electron chi connectivity index (χ1n) is 8.32. The lowest BCUT2D eigenvalue weighted by Gasteiger charge is -2.38. The van der Waals surface area contributed by atoms with E-state index in [2.05, 4.69) is 34.8 Å². The molecule has 1 aromatic heterocycles. The second-order valence-electron chi connectivity index (χ2n) is 6.71. The molecule has 0 radical (unpaired) electrons. The van der Waals surface area contributed by atoms with Crippen molar-refractivity contribution in [3.63, 3.8) is 0 Å². The minimum Gasteiger partial charge on any atom is -0.447 e. The van der Waals surface area contributed by atoms with Gasteiger partial charge in [0, 0.05) is 36.0 Å². The summed E-state index contributed by atoms with van der Waals surface area (Å²) in [6, 6.07) is 2.07. The molecule has 130 valence electrons. The van der Waals surface area contributed by atoms with Gasteiger partial charge in [0.05, 0.1) is 11.6 Å². The highest BCUT2D eigenvalue weighted by molar-refractivity contribution is 9.10. The number of pyridine rings is 1. The summed E-state index contributed by atoms with van der Waals surface area (Å²) >= 11 is 3.34. The van der Waals surface area contributed by atoms with E-state index in [9.17, 15) is 9.59 Å². The van der Waals surface area contributed by atoms with Crippen LogP contribution in [0.5, 0.6) is 0 Å². The zero-order valence-electron chi connectivity index (χ0n) is 13.9. The Hall–Kier alpha value is -1.63. The van der Waals surface area contributed by atoms with Gasteiger partial charge in [-0.3, -0.25) is 14.7 Å². The summed E-state index contributed by atoms with van der Waals surface area (Å²) in [5, 5.41) is 0. The van der Waals surface area contributed by atoms with E-state index < -0.39 is 0 Å². The van der Waals surface area contributed by atoms with Crippen molar-refractivity contribution in [1.82, 2.24) is 14.8 Å². The van der Waals surface area contributed by atoms with Crippen LogP contribution < -0.4 is 0 Å². The smallest absolute Gasteiger partial charge is 0.410 e. The Morgan fingerprint density at radius 2 is 2.04 bits per heavy atom. The minimum atomic E-state index is -0.213. The first-order valence-corrected chi connectivity index (χ1v) is 9.11. The number of hydrogen-bond acceptors (Lipinski definition) is 4. The fraction of sp³-hybridized carbons (Fsp3) is 0.588. The highest BCUT2D eigenvalue weighted by atomic mass is 79.9. The molecule has 2 amide bonds. The van der Waals surface area contributed by atoms with Crippen molar-refractivity contribution in [1.29, 1.82) is 0 Å². The Morgan fingerprint density at radius 3 is 2.67 bits per heavy atom. The Kier molecular flexibility index (Phi) is 5.08. The third kappa shape index (κ3) is 3.41. The molecule has 6 nitrogen and oxygen atoms in total. The van der Waals surface area contributed by atoms with Gasteiger partial charge in [-0.15, -0.1) is 0 Å². The van der Waals surface area contributed by atoms with Gasteiger partial charge in [0.1, 0.15) is 6.61 Å². The zero-order chi connectivity index (χ0) is 17.3. The number of cyclic esters (lactones) is 1. The fourth-order valence-corrected chi connectivity index (χ4v) is 3.80. The van der Waals surface area contributed by atoms with E-state index in [-0.39, 0.29) is 24.1 Å². The molecule has 0 N–H and O–H groups in total. The molecule has 2 saturated heterocycles. The van der Waals surface area contributed by atoms with Crippen LogP contribution in [0.25, 0.3) is 0 Å². The van der Waals surface area contributed by atoms with Gasteiger partial charge in [0.25, 0.3) is 5.91 Å². The van der Waals surface area contributed by atoms with Crippen molar-refractivity contribution in [3.05, 3.63) is 28.5 Å². The number of rotatable bonds is 3. The van der Waals surface area contributed by atoms with E-state index in [1.807, 2.05) is 9.80 Å². The van der Waals surface area contributed by atoms with Gasteiger partial charge in [-0.25, -0.2) is 4.79 Å². The molecule has 1 unspecified atom stereocenters. The van der Waals surface area contributed by atoms with Crippen LogP contribution in [0, 0.1) is 5.92 Å². The van der Waals surface area contributed by atoms with Crippen molar-refractivity contribution in [2.45, 2.75) is 38.8 Å². The molecule has 2 aliphatic heterocycles. The maximum Gasteiger partial charge on any atom is 0.410 e. The van der Waals surface area contributed by atoms with E-state index in [4.69, 9.17) is 4.74 Å². The zero-order valence-corrected chi connectivity index (χ0v) is 15.5. The van der Waals surface area contributed by atoms with E-state index in [1.54, 1.807) is 18.5 Å². The molecule has 1 aromatic rings. The first-order chi connectivity index (χ1) is 11.5. The third-order valence-corrected chi connectivity index (χ3v) is 5.25. The van der Waals surface area contributed by atoms with Crippen LogP contribution >= 0.6 is 15.9 Å². The predicted molar refractivity (Wildman–Crippen MR) is 92.7 cm³/mol. The molecule has 0 spiro atoms. The number of likely N-dealkylation sites (tertiary alicyclic amines) is 1. The Bertz CT molecular complexity index is 629. The molecule has 0 aromatic carbocycles. The quantitative estimate of drug-likeness (QED) is 0.788. The van der Waals surface area contributed by atoms with E-state index >= 15 is 0 Å². The molecule has 1 atom stereocenters. The minimum absolute atomic E-state index is 0.00772. The molecule has 2 fully saturated rings. The Labute approximate surface area is 150 Å². The largest absolute Gasteiger partial charge is 0.447 e. The molecule has 24 heavy (non-hydrogen) atoms. The number of ether oxygens (including phenoxy) is 1. The molecule has 0 aliphatic carbocycles. The number of amides is 2. The second kappa shape index (κ2) is 7.09. The summed E-state index contributed by atoms with van der Waals surface area (Å²) < 4.78 is 6.04. The van der Waals surface area contributed by atoms with Crippen molar-refractivity contribution >= 4 is 27.9 Å². The number of aromatic nitrogens is 1. The van der Waals surface area contributed by atoms with Gasteiger partial charge in [-0.2, -0.15) is 0 Å². The lowest BCUT2D eigenvalue weighted by atomic mass is 9.97. The number of carbonyl (C=O) groups is 2. The maximum absolute atomic E-state index is 12.6. The molecule has 3 rings (SSSR count). The Morgan fingerprint density at radius 1 is 1.33 bits per heavy atom. The molecule has 3 heterocycles. The number of piperidine rings is 1. The van der Waals surface area contributed by atoms with Crippen molar-refractivity contribution < 1.29 is 14.3 Å². The number of carbonyl (C=O) groups excluding carboxylic acids is 2. The molecule has 0 saturated carbocycles. The van der Waals surface area contributed by atoms with Gasteiger partial charge in [0.15, 0.2) is 0 Å². The highest BCUT2D eigenvalue weighted by Crippen LogP contribution is 2.28. The number of hydrogen-bond donors (Lipinski definition) is 0. The molecule has 0 bridgehead atoms. The van der Waals surface area contributed by atoms with E-state index in [0.717, 1.165) is 17.3 Å². The molecular weight excluding hydrogens is 374 g/mol. The van der Waals surface area contributed by atoms with Gasteiger partial charge in [0.2, 0.25) is 0 Å². The van der Waals surface area contributed by atoms with Crippen LogP contribution in [0.2, 0.25) is 0 Å². The molecular formula is C17H22BrN3O3. The van der Waals surface area contributed by atoms with Crippen LogP contribution in [-0.2, 0) is 4.74 Å². The summed E-state index contributed by atoms with van der Waals surface area (Å²) in [5.74, 6) is 0.357. The second-order valence-corrected chi connectivity index (χ2v) is 7.63. The average Bonchev–Trinajstić information content (AvgIpc) is 2.96. The summed E-state index contributed by atoms with van der Waals surface area (Å²) in [5.41, 5.74) is 0.587. The first kappa shape index (κ1) is 17.2.